The Bertz CT molecular complexity index is 405. The van der Waals surface area contributed by atoms with Crippen LogP contribution >= 0.6 is 0 Å². The Morgan fingerprint density at radius 3 is 2.71 bits per heavy atom. The fourth-order valence-electron chi connectivity index (χ4n) is 2.39. The molecule has 17 heavy (non-hydrogen) atoms. The zero-order valence-corrected chi connectivity index (χ0v) is 10.2. The van der Waals surface area contributed by atoms with Crippen molar-refractivity contribution in [3.8, 4) is 11.8 Å². The molecule has 1 aromatic carbocycles. The first-order valence-corrected chi connectivity index (χ1v) is 6.10. The number of hydrogen-bond donors (Lipinski definition) is 0. The van der Waals surface area contributed by atoms with E-state index in [0.717, 1.165) is 30.8 Å². The average molecular weight is 230 g/mol. The minimum atomic E-state index is -0.0196. The van der Waals surface area contributed by atoms with Crippen LogP contribution in [0.25, 0.3) is 0 Å². The highest BCUT2D eigenvalue weighted by atomic mass is 16.5. The first-order valence-electron chi connectivity index (χ1n) is 6.10. The van der Waals surface area contributed by atoms with Crippen LogP contribution in [-0.2, 0) is 6.42 Å². The van der Waals surface area contributed by atoms with E-state index in [0.29, 0.717) is 0 Å². The number of nitrogens with zero attached hydrogens (tertiary/aromatic N) is 2. The standard InChI is InChI=1S/C14H18N2O/c1-17-14-7-3-2-6-12(14)10-13(11-15)16-8-4-5-9-16/h2-3,6-7,13H,4-5,8-10H2,1H3. The monoisotopic (exact) mass is 230 g/mol. The maximum atomic E-state index is 9.28. The Morgan fingerprint density at radius 2 is 2.06 bits per heavy atom. The van der Waals surface area contributed by atoms with Gasteiger partial charge in [0.2, 0.25) is 0 Å². The van der Waals surface area contributed by atoms with Gasteiger partial charge >= 0.3 is 0 Å². The molecule has 1 unspecified atom stereocenters. The highest BCUT2D eigenvalue weighted by Crippen LogP contribution is 2.22. The molecule has 90 valence electrons. The summed E-state index contributed by atoms with van der Waals surface area (Å²) in [6.45, 7) is 2.10. The topological polar surface area (TPSA) is 36.3 Å². The summed E-state index contributed by atoms with van der Waals surface area (Å²) in [6.07, 6.45) is 3.18. The predicted molar refractivity (Wildman–Crippen MR) is 66.9 cm³/mol. The van der Waals surface area contributed by atoms with E-state index in [1.807, 2.05) is 24.3 Å². The molecule has 0 amide bonds. The van der Waals surface area contributed by atoms with Gasteiger partial charge in [-0.2, -0.15) is 5.26 Å². The van der Waals surface area contributed by atoms with Crippen LogP contribution in [0, 0.1) is 11.3 Å². The molecule has 0 aromatic heterocycles. The zero-order chi connectivity index (χ0) is 12.1. The summed E-state index contributed by atoms with van der Waals surface area (Å²) in [5.41, 5.74) is 1.12. The van der Waals surface area contributed by atoms with Crippen LogP contribution in [-0.4, -0.2) is 31.1 Å². The average Bonchev–Trinajstić information content (AvgIpc) is 2.90. The van der Waals surface area contributed by atoms with Crippen LogP contribution in [0.3, 0.4) is 0 Å². The van der Waals surface area contributed by atoms with Crippen molar-refractivity contribution in [2.24, 2.45) is 0 Å². The second kappa shape index (κ2) is 5.70. The molecule has 3 heteroatoms. The lowest BCUT2D eigenvalue weighted by Crippen LogP contribution is -2.33. The van der Waals surface area contributed by atoms with Gasteiger partial charge < -0.3 is 4.74 Å². The molecule has 1 saturated heterocycles. The van der Waals surface area contributed by atoms with E-state index in [9.17, 15) is 5.26 Å². The smallest absolute Gasteiger partial charge is 0.122 e. The zero-order valence-electron chi connectivity index (χ0n) is 10.2. The molecule has 1 aromatic rings. The van der Waals surface area contributed by atoms with E-state index in [1.165, 1.54) is 12.8 Å². The van der Waals surface area contributed by atoms with Crippen molar-refractivity contribution in [2.45, 2.75) is 25.3 Å². The van der Waals surface area contributed by atoms with Crippen LogP contribution in [0.4, 0.5) is 0 Å². The summed E-state index contributed by atoms with van der Waals surface area (Å²) < 4.78 is 5.33. The van der Waals surface area contributed by atoms with Gasteiger partial charge in [-0.1, -0.05) is 18.2 Å². The van der Waals surface area contributed by atoms with Crippen molar-refractivity contribution < 1.29 is 4.74 Å². The van der Waals surface area contributed by atoms with E-state index in [1.54, 1.807) is 7.11 Å². The van der Waals surface area contributed by atoms with Gasteiger partial charge in [-0.3, -0.25) is 4.90 Å². The number of benzene rings is 1. The van der Waals surface area contributed by atoms with Gasteiger partial charge in [0.15, 0.2) is 0 Å². The first kappa shape index (κ1) is 11.9. The van der Waals surface area contributed by atoms with Crippen LogP contribution in [0.15, 0.2) is 24.3 Å². The summed E-state index contributed by atoms with van der Waals surface area (Å²) in [6, 6.07) is 10.3. The summed E-state index contributed by atoms with van der Waals surface area (Å²) in [5, 5.41) is 9.28. The number of para-hydroxylation sites is 1. The number of rotatable bonds is 4. The van der Waals surface area contributed by atoms with Crippen molar-refractivity contribution in [3.05, 3.63) is 29.8 Å². The fourth-order valence-corrected chi connectivity index (χ4v) is 2.39. The number of nitriles is 1. The number of methoxy groups -OCH3 is 1. The molecule has 2 rings (SSSR count). The minimum absolute atomic E-state index is 0.0196. The Balaban J connectivity index is 2.10. The quantitative estimate of drug-likeness (QED) is 0.795. The summed E-state index contributed by atoms with van der Waals surface area (Å²) in [4.78, 5) is 2.27. The normalized spacial score (nSPS) is 17.6. The molecule has 1 aliphatic heterocycles. The summed E-state index contributed by atoms with van der Waals surface area (Å²) in [7, 11) is 1.68. The van der Waals surface area contributed by atoms with Gasteiger partial charge in [0.1, 0.15) is 11.8 Å². The van der Waals surface area contributed by atoms with Gasteiger partial charge in [0, 0.05) is 6.42 Å². The van der Waals surface area contributed by atoms with Crippen molar-refractivity contribution in [1.29, 1.82) is 5.26 Å². The van der Waals surface area contributed by atoms with Gasteiger partial charge in [-0.25, -0.2) is 0 Å². The van der Waals surface area contributed by atoms with Crippen LogP contribution in [0.5, 0.6) is 5.75 Å². The van der Waals surface area contributed by atoms with Gasteiger partial charge in [-0.15, -0.1) is 0 Å². The molecule has 0 bridgehead atoms. The molecule has 0 aliphatic carbocycles. The maximum absolute atomic E-state index is 9.28. The van der Waals surface area contributed by atoms with Crippen molar-refractivity contribution in [2.75, 3.05) is 20.2 Å². The van der Waals surface area contributed by atoms with E-state index in [-0.39, 0.29) is 6.04 Å². The number of ether oxygens (including phenoxy) is 1. The number of likely N-dealkylation sites (tertiary alicyclic amines) is 1. The van der Waals surface area contributed by atoms with E-state index < -0.39 is 0 Å². The van der Waals surface area contributed by atoms with E-state index in [4.69, 9.17) is 4.74 Å². The third-order valence-corrected chi connectivity index (χ3v) is 3.34. The van der Waals surface area contributed by atoms with Crippen LogP contribution in [0.2, 0.25) is 0 Å². The molecule has 0 N–H and O–H groups in total. The Morgan fingerprint density at radius 1 is 1.35 bits per heavy atom. The Kier molecular flexibility index (Phi) is 4.00. The van der Waals surface area contributed by atoms with Gasteiger partial charge in [-0.05, 0) is 37.6 Å². The summed E-state index contributed by atoms with van der Waals surface area (Å²) in [5.74, 6) is 0.881. The van der Waals surface area contributed by atoms with Crippen molar-refractivity contribution >= 4 is 0 Å². The second-order valence-corrected chi connectivity index (χ2v) is 4.40. The molecule has 0 radical (unpaired) electrons. The SMILES string of the molecule is COc1ccccc1CC(C#N)N1CCCC1. The molecule has 1 aliphatic rings. The Labute approximate surface area is 103 Å². The molecular weight excluding hydrogens is 212 g/mol. The highest BCUT2D eigenvalue weighted by Gasteiger charge is 2.22. The predicted octanol–water partition coefficient (Wildman–Crippen LogP) is 2.23. The van der Waals surface area contributed by atoms with E-state index in [2.05, 4.69) is 11.0 Å². The number of hydrogen-bond acceptors (Lipinski definition) is 3. The molecule has 1 heterocycles. The first-order chi connectivity index (χ1) is 8.35. The molecule has 0 spiro atoms. The third-order valence-electron chi connectivity index (χ3n) is 3.34. The van der Waals surface area contributed by atoms with Crippen LogP contribution < -0.4 is 4.74 Å². The minimum Gasteiger partial charge on any atom is -0.496 e. The van der Waals surface area contributed by atoms with E-state index >= 15 is 0 Å². The molecule has 0 saturated carbocycles. The largest absolute Gasteiger partial charge is 0.496 e. The third kappa shape index (κ3) is 2.78. The second-order valence-electron chi connectivity index (χ2n) is 4.40. The van der Waals surface area contributed by atoms with Gasteiger partial charge in [0.25, 0.3) is 0 Å². The summed E-state index contributed by atoms with van der Waals surface area (Å²) >= 11 is 0. The fraction of sp³-hybridized carbons (Fsp3) is 0.500. The highest BCUT2D eigenvalue weighted by molar-refractivity contribution is 5.34. The van der Waals surface area contributed by atoms with Crippen molar-refractivity contribution in [1.82, 2.24) is 4.90 Å². The maximum Gasteiger partial charge on any atom is 0.122 e. The molecule has 1 fully saturated rings. The molecular formula is C14H18N2O. The lowest BCUT2D eigenvalue weighted by atomic mass is 10.0. The van der Waals surface area contributed by atoms with Gasteiger partial charge in [0.05, 0.1) is 13.2 Å². The molecule has 3 nitrogen and oxygen atoms in total. The lowest BCUT2D eigenvalue weighted by molar-refractivity contribution is 0.286. The Hall–Kier alpha value is -1.53. The van der Waals surface area contributed by atoms with Crippen molar-refractivity contribution in [3.63, 3.8) is 0 Å². The van der Waals surface area contributed by atoms with Crippen LogP contribution in [0.1, 0.15) is 18.4 Å². The molecule has 1 atom stereocenters. The lowest BCUT2D eigenvalue weighted by Gasteiger charge is -2.21.